The average molecular weight is 399 g/mol. The van der Waals surface area contributed by atoms with Crippen molar-refractivity contribution in [3.63, 3.8) is 0 Å². The van der Waals surface area contributed by atoms with Gasteiger partial charge in [0.25, 0.3) is 0 Å². The number of nitrogens with one attached hydrogen (secondary N) is 1. The summed E-state index contributed by atoms with van der Waals surface area (Å²) in [6.07, 6.45) is 7.44. The number of carbonyl (C=O) groups excluding carboxylic acids is 1. The van der Waals surface area contributed by atoms with Crippen molar-refractivity contribution in [2.45, 2.75) is 64.8 Å². The Morgan fingerprint density at radius 3 is 2.72 bits per heavy atom. The van der Waals surface area contributed by atoms with Crippen LogP contribution < -0.4 is 5.32 Å². The second-order valence-electron chi connectivity index (χ2n) is 7.63. The van der Waals surface area contributed by atoms with E-state index < -0.39 is 19.7 Å². The Bertz CT molecular complexity index is 1180. The van der Waals surface area contributed by atoms with Crippen LogP contribution in [0.25, 0.3) is 22.2 Å². The number of ketones is 1. The topological polar surface area (TPSA) is 80.9 Å². The summed E-state index contributed by atoms with van der Waals surface area (Å²) in [4.78, 5) is 25.9. The zero-order valence-electron chi connectivity index (χ0n) is 22.3. The first-order chi connectivity index (χ1) is 16.4. The standard InChI is InChI=1S/C23H28N4O2/c1-14(2)27-19-6-4-16(5-7-19)22(28)10-20-9-17-8-18(11-26-21(17)12-25-20)23-13-24-15(3)29-23/h8-9,11-14,16,19,27H,4-7,10H2,1-3H3/i1D3,2D3. The lowest BCUT2D eigenvalue weighted by Gasteiger charge is -2.29. The highest BCUT2D eigenvalue weighted by atomic mass is 16.4. The van der Waals surface area contributed by atoms with E-state index in [2.05, 4.69) is 20.3 Å². The minimum Gasteiger partial charge on any atom is -0.441 e. The van der Waals surface area contributed by atoms with Gasteiger partial charge in [-0.3, -0.25) is 14.8 Å². The zero-order valence-corrected chi connectivity index (χ0v) is 16.3. The maximum Gasteiger partial charge on any atom is 0.191 e. The van der Waals surface area contributed by atoms with Gasteiger partial charge in [0.2, 0.25) is 0 Å². The predicted molar refractivity (Wildman–Crippen MR) is 113 cm³/mol. The number of aromatic nitrogens is 3. The molecule has 0 saturated heterocycles. The molecule has 4 rings (SSSR count). The maximum atomic E-state index is 13.0. The third-order valence-electron chi connectivity index (χ3n) is 5.47. The van der Waals surface area contributed by atoms with E-state index in [1.165, 1.54) is 0 Å². The highest BCUT2D eigenvalue weighted by molar-refractivity contribution is 5.86. The van der Waals surface area contributed by atoms with Crippen LogP contribution in [0.1, 0.15) is 59.2 Å². The van der Waals surface area contributed by atoms with Gasteiger partial charge in [-0.05, 0) is 37.8 Å². The Balaban J connectivity index is 1.38. The molecule has 0 amide bonds. The van der Waals surface area contributed by atoms with E-state index in [0.29, 0.717) is 48.5 Å². The van der Waals surface area contributed by atoms with E-state index in [1.54, 1.807) is 25.5 Å². The fourth-order valence-corrected chi connectivity index (χ4v) is 3.94. The van der Waals surface area contributed by atoms with Crippen molar-refractivity contribution < 1.29 is 17.4 Å². The number of hydrogen-bond donors (Lipinski definition) is 1. The monoisotopic (exact) mass is 398 g/mol. The van der Waals surface area contributed by atoms with Crippen LogP contribution in [0.4, 0.5) is 0 Å². The van der Waals surface area contributed by atoms with Crippen molar-refractivity contribution in [2.24, 2.45) is 5.92 Å². The molecule has 3 aromatic rings. The minimum absolute atomic E-state index is 0.0773. The van der Waals surface area contributed by atoms with Crippen LogP contribution in [-0.2, 0) is 11.2 Å². The van der Waals surface area contributed by atoms with Crippen LogP contribution >= 0.6 is 0 Å². The molecule has 1 aliphatic carbocycles. The molecule has 0 spiro atoms. The molecule has 0 atom stereocenters. The minimum atomic E-state index is -2.62. The third-order valence-corrected chi connectivity index (χ3v) is 5.47. The molecule has 3 heterocycles. The van der Waals surface area contributed by atoms with Gasteiger partial charge in [0, 0.05) is 62.4 Å². The Kier molecular flexibility index (Phi) is 3.94. The van der Waals surface area contributed by atoms with E-state index in [1.807, 2.05) is 12.1 Å². The highest BCUT2D eigenvalue weighted by Crippen LogP contribution is 2.27. The summed E-state index contributed by atoms with van der Waals surface area (Å²) in [7, 11) is 0. The smallest absolute Gasteiger partial charge is 0.191 e. The number of rotatable bonds is 6. The molecule has 6 nitrogen and oxygen atoms in total. The van der Waals surface area contributed by atoms with Crippen molar-refractivity contribution in [1.82, 2.24) is 20.3 Å². The molecule has 1 N–H and O–H groups in total. The Morgan fingerprint density at radius 1 is 1.17 bits per heavy atom. The quantitative estimate of drug-likeness (QED) is 0.668. The fraction of sp³-hybridized carbons (Fsp3) is 0.478. The molecule has 152 valence electrons. The number of fused-ring (bicyclic) bond motifs is 1. The van der Waals surface area contributed by atoms with Crippen LogP contribution in [0, 0.1) is 12.8 Å². The summed E-state index contributed by atoms with van der Waals surface area (Å²) < 4.78 is 50.9. The van der Waals surface area contributed by atoms with Gasteiger partial charge >= 0.3 is 0 Å². The molecule has 1 saturated carbocycles. The van der Waals surface area contributed by atoms with Crippen LogP contribution in [-0.4, -0.2) is 32.8 Å². The number of aryl methyl sites for hydroxylation is 1. The van der Waals surface area contributed by atoms with Crippen LogP contribution in [0.5, 0.6) is 0 Å². The normalized spacial score (nSPS) is 23.7. The Morgan fingerprint density at radius 2 is 2.00 bits per heavy atom. The first kappa shape index (κ1) is 13.6. The number of oxazole rings is 1. The third kappa shape index (κ3) is 4.70. The van der Waals surface area contributed by atoms with Gasteiger partial charge in [0.15, 0.2) is 11.7 Å². The summed E-state index contributed by atoms with van der Waals surface area (Å²) in [6, 6.07) is 1.97. The summed E-state index contributed by atoms with van der Waals surface area (Å²) in [5, 5.41) is 3.67. The van der Waals surface area contributed by atoms with Crippen LogP contribution in [0.15, 0.2) is 35.1 Å². The second kappa shape index (κ2) is 8.41. The molecule has 3 aromatic heterocycles. The second-order valence-corrected chi connectivity index (χ2v) is 7.63. The largest absolute Gasteiger partial charge is 0.441 e. The molecule has 0 bridgehead atoms. The molecule has 0 radical (unpaired) electrons. The maximum absolute atomic E-state index is 13.0. The molecule has 1 fully saturated rings. The number of hydrogen-bond acceptors (Lipinski definition) is 6. The number of nitrogens with zero attached hydrogens (tertiary/aromatic N) is 3. The van der Waals surface area contributed by atoms with E-state index in [0.717, 1.165) is 10.9 Å². The van der Waals surface area contributed by atoms with Gasteiger partial charge in [-0.2, -0.15) is 0 Å². The van der Waals surface area contributed by atoms with Crippen molar-refractivity contribution in [3.05, 3.63) is 42.3 Å². The average Bonchev–Trinajstić information content (AvgIpc) is 3.22. The first-order valence-corrected chi connectivity index (χ1v) is 9.86. The van der Waals surface area contributed by atoms with Crippen molar-refractivity contribution in [1.29, 1.82) is 0 Å². The molecule has 0 aromatic carbocycles. The Labute approximate surface area is 179 Å². The van der Waals surface area contributed by atoms with Crippen molar-refractivity contribution in [3.8, 4) is 11.3 Å². The Hall–Kier alpha value is -2.60. The van der Waals surface area contributed by atoms with E-state index in [4.69, 9.17) is 12.6 Å². The van der Waals surface area contributed by atoms with Gasteiger partial charge in [0.1, 0.15) is 5.78 Å². The summed E-state index contributed by atoms with van der Waals surface area (Å²) in [5.41, 5.74) is 2.16. The van der Waals surface area contributed by atoms with Gasteiger partial charge in [-0.1, -0.05) is 13.7 Å². The van der Waals surface area contributed by atoms with Crippen LogP contribution in [0.2, 0.25) is 0 Å². The first-order valence-electron chi connectivity index (χ1n) is 12.9. The lowest BCUT2D eigenvalue weighted by atomic mass is 9.82. The lowest BCUT2D eigenvalue weighted by molar-refractivity contribution is -0.123. The van der Waals surface area contributed by atoms with Crippen LogP contribution in [0.3, 0.4) is 0 Å². The van der Waals surface area contributed by atoms with Crippen molar-refractivity contribution >= 4 is 16.7 Å². The molecular formula is C23H28N4O2. The molecule has 1 aliphatic rings. The summed E-state index contributed by atoms with van der Waals surface area (Å²) in [5.74, 6) is 1.11. The van der Waals surface area contributed by atoms with E-state index in [9.17, 15) is 4.79 Å². The van der Waals surface area contributed by atoms with Crippen molar-refractivity contribution in [2.75, 3.05) is 0 Å². The SMILES string of the molecule is [2H]C([2H])([2H])C(NC1CCC(C(=O)Cc2cc3cc(-c4cnc(C)o4)cnc3cn2)CC1)C([2H])([2H])[2H]. The lowest BCUT2D eigenvalue weighted by Crippen LogP contribution is -2.38. The number of carbonyl (C=O) groups is 1. The zero-order chi connectivity index (χ0) is 25.4. The van der Waals surface area contributed by atoms with Gasteiger partial charge < -0.3 is 9.73 Å². The predicted octanol–water partition coefficient (Wildman–Crippen LogP) is 4.26. The summed E-state index contributed by atoms with van der Waals surface area (Å²) >= 11 is 0. The summed E-state index contributed by atoms with van der Waals surface area (Å²) in [6.45, 7) is -3.48. The van der Waals surface area contributed by atoms with Gasteiger partial charge in [0.05, 0.1) is 17.9 Å². The van der Waals surface area contributed by atoms with E-state index in [-0.39, 0.29) is 24.2 Å². The number of Topliss-reactive ketones (excluding diaryl/α,β-unsaturated/α-hetero) is 1. The molecular weight excluding hydrogens is 364 g/mol. The molecule has 0 aliphatic heterocycles. The molecule has 29 heavy (non-hydrogen) atoms. The molecule has 0 unspecified atom stereocenters. The van der Waals surface area contributed by atoms with Gasteiger partial charge in [-0.15, -0.1) is 0 Å². The fourth-order valence-electron chi connectivity index (χ4n) is 3.94. The van der Waals surface area contributed by atoms with E-state index >= 15 is 0 Å². The number of pyridine rings is 2. The highest BCUT2D eigenvalue weighted by Gasteiger charge is 2.26. The van der Waals surface area contributed by atoms with Gasteiger partial charge in [-0.25, -0.2) is 4.98 Å². The molecule has 6 heteroatoms.